The van der Waals surface area contributed by atoms with E-state index >= 15 is 0 Å². The molecular formula is C17H27N3O. The fourth-order valence-corrected chi connectivity index (χ4v) is 2.56. The lowest BCUT2D eigenvalue weighted by atomic mass is 10.1. The highest BCUT2D eigenvalue weighted by molar-refractivity contribution is 5.78. The highest BCUT2D eigenvalue weighted by Crippen LogP contribution is 2.05. The smallest absolute Gasteiger partial charge is 0.236 e. The zero-order valence-electron chi connectivity index (χ0n) is 13.2. The van der Waals surface area contributed by atoms with Crippen LogP contribution in [0.5, 0.6) is 0 Å². The van der Waals surface area contributed by atoms with Crippen LogP contribution in [-0.4, -0.2) is 61.5 Å². The van der Waals surface area contributed by atoms with Crippen molar-refractivity contribution in [1.82, 2.24) is 15.1 Å². The molecule has 0 saturated carbocycles. The van der Waals surface area contributed by atoms with E-state index in [0.29, 0.717) is 12.6 Å². The number of hydrogen-bond acceptors (Lipinski definition) is 3. The van der Waals surface area contributed by atoms with Crippen molar-refractivity contribution in [3.63, 3.8) is 0 Å². The standard InChI is InChI=1S/C17H27N3O/c1-15(8-9-16-6-4-3-5-7-16)18-14-17(21)20-12-10-19(2)11-13-20/h3-7,15,18H,8-14H2,1-2H3. The Morgan fingerprint density at radius 3 is 2.52 bits per heavy atom. The largest absolute Gasteiger partial charge is 0.339 e. The Bertz CT molecular complexity index is 427. The van der Waals surface area contributed by atoms with E-state index < -0.39 is 0 Å². The maximum atomic E-state index is 12.1. The van der Waals surface area contributed by atoms with Crippen molar-refractivity contribution in [1.29, 1.82) is 0 Å². The van der Waals surface area contributed by atoms with Gasteiger partial charge in [0.15, 0.2) is 0 Å². The molecular weight excluding hydrogens is 262 g/mol. The average molecular weight is 289 g/mol. The number of piperazine rings is 1. The first kappa shape index (κ1) is 16.0. The van der Waals surface area contributed by atoms with Crippen LogP contribution in [0.2, 0.25) is 0 Å². The molecule has 1 heterocycles. The molecule has 1 unspecified atom stereocenters. The van der Waals surface area contributed by atoms with Gasteiger partial charge >= 0.3 is 0 Å². The fourth-order valence-electron chi connectivity index (χ4n) is 2.56. The number of carbonyl (C=O) groups is 1. The van der Waals surface area contributed by atoms with Crippen LogP contribution >= 0.6 is 0 Å². The molecule has 116 valence electrons. The maximum Gasteiger partial charge on any atom is 0.236 e. The van der Waals surface area contributed by atoms with Gasteiger partial charge in [-0.1, -0.05) is 30.3 Å². The lowest BCUT2D eigenvalue weighted by Crippen LogP contribution is -2.50. The van der Waals surface area contributed by atoms with Crippen molar-refractivity contribution in [2.24, 2.45) is 0 Å². The summed E-state index contributed by atoms with van der Waals surface area (Å²) in [5.41, 5.74) is 1.36. The third kappa shape index (κ3) is 5.48. The molecule has 4 heteroatoms. The summed E-state index contributed by atoms with van der Waals surface area (Å²) < 4.78 is 0. The van der Waals surface area contributed by atoms with Gasteiger partial charge in [0.25, 0.3) is 0 Å². The van der Waals surface area contributed by atoms with Crippen molar-refractivity contribution in [3.8, 4) is 0 Å². The third-order valence-corrected chi connectivity index (χ3v) is 4.17. The monoisotopic (exact) mass is 289 g/mol. The Kier molecular flexibility index (Phi) is 6.21. The van der Waals surface area contributed by atoms with Crippen LogP contribution < -0.4 is 5.32 Å². The molecule has 4 nitrogen and oxygen atoms in total. The predicted molar refractivity (Wildman–Crippen MR) is 86.3 cm³/mol. The van der Waals surface area contributed by atoms with Gasteiger partial charge in [0.1, 0.15) is 0 Å². The van der Waals surface area contributed by atoms with E-state index in [1.807, 2.05) is 11.0 Å². The first-order valence-electron chi connectivity index (χ1n) is 7.89. The number of aryl methyl sites for hydroxylation is 1. The number of nitrogens with one attached hydrogen (secondary N) is 1. The molecule has 1 aliphatic rings. The number of carbonyl (C=O) groups excluding carboxylic acids is 1. The summed E-state index contributed by atoms with van der Waals surface area (Å²) in [5.74, 6) is 0.231. The summed E-state index contributed by atoms with van der Waals surface area (Å²) in [6.07, 6.45) is 2.11. The second-order valence-electron chi connectivity index (χ2n) is 5.99. The number of benzene rings is 1. The van der Waals surface area contributed by atoms with E-state index in [1.54, 1.807) is 0 Å². The van der Waals surface area contributed by atoms with E-state index in [1.165, 1.54) is 5.56 Å². The zero-order valence-corrected chi connectivity index (χ0v) is 13.2. The zero-order chi connectivity index (χ0) is 15.1. The molecule has 1 atom stereocenters. The first-order valence-corrected chi connectivity index (χ1v) is 7.89. The number of nitrogens with zero attached hydrogens (tertiary/aromatic N) is 2. The van der Waals surface area contributed by atoms with Crippen LogP contribution in [0.4, 0.5) is 0 Å². The molecule has 0 radical (unpaired) electrons. The molecule has 1 aliphatic heterocycles. The predicted octanol–water partition coefficient (Wildman–Crippen LogP) is 1.37. The number of amides is 1. The summed E-state index contributed by atoms with van der Waals surface area (Å²) >= 11 is 0. The topological polar surface area (TPSA) is 35.6 Å². The molecule has 1 amide bonds. The normalized spacial score (nSPS) is 17.7. The maximum absolute atomic E-state index is 12.1. The third-order valence-electron chi connectivity index (χ3n) is 4.17. The Balaban J connectivity index is 1.64. The van der Waals surface area contributed by atoms with Crippen LogP contribution in [0, 0.1) is 0 Å². The van der Waals surface area contributed by atoms with Crippen molar-refractivity contribution < 1.29 is 4.79 Å². The minimum Gasteiger partial charge on any atom is -0.339 e. The molecule has 1 aromatic carbocycles. The van der Waals surface area contributed by atoms with Crippen LogP contribution in [-0.2, 0) is 11.2 Å². The molecule has 21 heavy (non-hydrogen) atoms. The molecule has 1 aromatic rings. The van der Waals surface area contributed by atoms with Crippen LogP contribution in [0.15, 0.2) is 30.3 Å². The molecule has 0 aromatic heterocycles. The molecule has 2 rings (SSSR count). The number of hydrogen-bond donors (Lipinski definition) is 1. The summed E-state index contributed by atoms with van der Waals surface area (Å²) in [7, 11) is 2.10. The van der Waals surface area contributed by atoms with E-state index in [0.717, 1.165) is 39.0 Å². The van der Waals surface area contributed by atoms with Crippen molar-refractivity contribution in [3.05, 3.63) is 35.9 Å². The summed E-state index contributed by atoms with van der Waals surface area (Å²) in [6.45, 7) is 6.29. The minimum absolute atomic E-state index is 0.231. The van der Waals surface area contributed by atoms with Gasteiger partial charge in [-0.25, -0.2) is 0 Å². The van der Waals surface area contributed by atoms with Crippen molar-refractivity contribution in [2.45, 2.75) is 25.8 Å². The highest BCUT2D eigenvalue weighted by Gasteiger charge is 2.18. The minimum atomic E-state index is 0.231. The van der Waals surface area contributed by atoms with Crippen molar-refractivity contribution >= 4 is 5.91 Å². The molecule has 0 spiro atoms. The van der Waals surface area contributed by atoms with E-state index in [4.69, 9.17) is 0 Å². The Morgan fingerprint density at radius 1 is 1.19 bits per heavy atom. The second-order valence-corrected chi connectivity index (χ2v) is 5.99. The summed E-state index contributed by atoms with van der Waals surface area (Å²) in [4.78, 5) is 16.4. The summed E-state index contributed by atoms with van der Waals surface area (Å²) in [5, 5.41) is 3.36. The van der Waals surface area contributed by atoms with Crippen LogP contribution in [0.25, 0.3) is 0 Å². The van der Waals surface area contributed by atoms with Gasteiger partial charge in [0.05, 0.1) is 6.54 Å². The van der Waals surface area contributed by atoms with E-state index in [9.17, 15) is 4.79 Å². The van der Waals surface area contributed by atoms with Crippen LogP contribution in [0.3, 0.4) is 0 Å². The second kappa shape index (κ2) is 8.15. The van der Waals surface area contributed by atoms with Crippen molar-refractivity contribution in [2.75, 3.05) is 39.8 Å². The lowest BCUT2D eigenvalue weighted by molar-refractivity contribution is -0.131. The SMILES string of the molecule is CC(CCc1ccccc1)NCC(=O)N1CCN(C)CC1. The van der Waals surface area contributed by atoms with E-state index in [2.05, 4.69) is 48.5 Å². The Labute approximate surface area is 128 Å². The van der Waals surface area contributed by atoms with Gasteiger partial charge in [0.2, 0.25) is 5.91 Å². The van der Waals surface area contributed by atoms with Gasteiger partial charge in [-0.15, -0.1) is 0 Å². The van der Waals surface area contributed by atoms with Crippen LogP contribution in [0.1, 0.15) is 18.9 Å². The molecule has 1 fully saturated rings. The molecule has 1 saturated heterocycles. The van der Waals surface area contributed by atoms with Gasteiger partial charge in [0, 0.05) is 32.2 Å². The Hall–Kier alpha value is -1.39. The summed E-state index contributed by atoms with van der Waals surface area (Å²) in [6, 6.07) is 10.9. The number of rotatable bonds is 6. The Morgan fingerprint density at radius 2 is 1.86 bits per heavy atom. The average Bonchev–Trinajstić information content (AvgIpc) is 2.52. The molecule has 1 N–H and O–H groups in total. The van der Waals surface area contributed by atoms with E-state index in [-0.39, 0.29) is 5.91 Å². The molecule has 0 aliphatic carbocycles. The fraction of sp³-hybridized carbons (Fsp3) is 0.588. The highest BCUT2D eigenvalue weighted by atomic mass is 16.2. The van der Waals surface area contributed by atoms with Gasteiger partial charge < -0.3 is 15.1 Å². The molecule has 0 bridgehead atoms. The van der Waals surface area contributed by atoms with Gasteiger partial charge in [-0.05, 0) is 32.4 Å². The lowest BCUT2D eigenvalue weighted by Gasteiger charge is -2.32. The first-order chi connectivity index (χ1) is 10.1. The number of likely N-dealkylation sites (N-methyl/N-ethyl adjacent to an activating group) is 1. The quantitative estimate of drug-likeness (QED) is 0.859. The van der Waals surface area contributed by atoms with Gasteiger partial charge in [-0.2, -0.15) is 0 Å². The van der Waals surface area contributed by atoms with Gasteiger partial charge in [-0.3, -0.25) is 4.79 Å².